The zero-order valence-corrected chi connectivity index (χ0v) is 26.7. The summed E-state index contributed by atoms with van der Waals surface area (Å²) < 4.78 is 35.7. The first kappa shape index (κ1) is 33.6. The molecular weight excluding hydrogens is 588 g/mol. The Balaban J connectivity index is 1.12. The number of hydrogen-bond acceptors (Lipinski definition) is 8. The average Bonchev–Trinajstić information content (AvgIpc) is 3.39. The number of rotatable bonds is 15. The Labute approximate surface area is 270 Å². The summed E-state index contributed by atoms with van der Waals surface area (Å²) in [7, 11) is 1.59. The Hall–Kier alpha value is -3.80. The van der Waals surface area contributed by atoms with Gasteiger partial charge in [-0.1, -0.05) is 78.9 Å². The van der Waals surface area contributed by atoms with Crippen LogP contribution in [0, 0.1) is 0 Å². The van der Waals surface area contributed by atoms with Crippen molar-refractivity contribution in [3.63, 3.8) is 0 Å². The monoisotopic (exact) mass is 632 g/mol. The van der Waals surface area contributed by atoms with Crippen LogP contribution in [-0.4, -0.2) is 82.7 Å². The molecule has 1 aliphatic heterocycles. The maximum atomic E-state index is 13.1. The second kappa shape index (κ2) is 16.7. The molecule has 0 saturated carbocycles. The molecule has 5 rings (SSSR count). The number of hydrogen-bond donors (Lipinski definition) is 2. The van der Waals surface area contributed by atoms with E-state index >= 15 is 0 Å². The Kier molecular flexibility index (Phi) is 12.2. The topological polar surface area (TPSA) is 114 Å². The molecule has 2 amide bonds. The molecule has 0 radical (unpaired) electrons. The molecule has 1 saturated heterocycles. The van der Waals surface area contributed by atoms with E-state index in [-0.39, 0.29) is 38.0 Å². The fraction of sp³-hybridized carbons (Fsp3) is 0.444. The lowest BCUT2D eigenvalue weighted by Gasteiger charge is -2.45. The first-order chi connectivity index (χ1) is 22.5. The highest BCUT2D eigenvalue weighted by molar-refractivity contribution is 5.79. The Morgan fingerprint density at radius 3 is 2.11 bits per heavy atom. The summed E-state index contributed by atoms with van der Waals surface area (Å²) in [4.78, 5) is 25.7. The van der Waals surface area contributed by atoms with Gasteiger partial charge in [0.05, 0.1) is 13.2 Å². The van der Waals surface area contributed by atoms with E-state index in [9.17, 15) is 9.59 Å². The van der Waals surface area contributed by atoms with Crippen LogP contribution in [0.4, 0.5) is 4.79 Å². The molecule has 10 nitrogen and oxygen atoms in total. The van der Waals surface area contributed by atoms with Crippen LogP contribution < -0.4 is 10.6 Å². The molecule has 2 aliphatic rings. The van der Waals surface area contributed by atoms with E-state index < -0.39 is 36.7 Å². The third-order valence-electron chi connectivity index (χ3n) is 8.29. The predicted molar refractivity (Wildman–Crippen MR) is 172 cm³/mol. The summed E-state index contributed by atoms with van der Waals surface area (Å²) in [5.41, 5.74) is 5.64. The quantitative estimate of drug-likeness (QED) is 0.246. The minimum atomic E-state index is -0.780. The largest absolute Gasteiger partial charge is 0.449 e. The molecule has 5 atom stereocenters. The standard InChI is InChI=1S/C36H44N2O8/c1-4-43-34-32(35(44-5-2)46-30(33(34)41-3)23-42-21-24-13-7-6-8-14-24)38-31(39)19-20-37-36(40)45-22-29-27-17-11-9-15-25(27)26-16-10-12-18-28(26)29/h6-18,29-30,32-35H,4-5,19-23H2,1-3H3,(H,37,40)(H,38,39)/t30?,32?,33-,34-,35?/m1/s1. The zero-order chi connectivity index (χ0) is 32.3. The van der Waals surface area contributed by atoms with Crippen LogP contribution in [0.3, 0.4) is 0 Å². The number of benzene rings is 3. The molecule has 1 aliphatic carbocycles. The number of fused-ring (bicyclic) bond motifs is 3. The molecule has 2 N–H and O–H groups in total. The highest BCUT2D eigenvalue weighted by atomic mass is 16.7. The van der Waals surface area contributed by atoms with Gasteiger partial charge in [-0.3, -0.25) is 4.79 Å². The van der Waals surface area contributed by atoms with Gasteiger partial charge >= 0.3 is 6.09 Å². The third-order valence-corrected chi connectivity index (χ3v) is 8.29. The summed E-state index contributed by atoms with van der Waals surface area (Å²) >= 11 is 0. The summed E-state index contributed by atoms with van der Waals surface area (Å²) in [6.45, 7) is 5.49. The lowest BCUT2D eigenvalue weighted by atomic mass is 9.96. The maximum Gasteiger partial charge on any atom is 0.407 e. The number of carbonyl (C=O) groups is 2. The van der Waals surface area contributed by atoms with E-state index in [1.54, 1.807) is 7.11 Å². The van der Waals surface area contributed by atoms with E-state index in [1.165, 1.54) is 0 Å². The van der Waals surface area contributed by atoms with Crippen molar-refractivity contribution in [2.45, 2.75) is 63.4 Å². The van der Waals surface area contributed by atoms with Crippen LogP contribution in [0.15, 0.2) is 78.9 Å². The van der Waals surface area contributed by atoms with Gasteiger partial charge in [0.15, 0.2) is 6.29 Å². The first-order valence-corrected chi connectivity index (χ1v) is 15.9. The number of methoxy groups -OCH3 is 1. The van der Waals surface area contributed by atoms with Crippen molar-refractivity contribution in [1.82, 2.24) is 10.6 Å². The van der Waals surface area contributed by atoms with Crippen molar-refractivity contribution in [2.24, 2.45) is 0 Å². The Bertz CT molecular complexity index is 1370. The van der Waals surface area contributed by atoms with E-state index in [1.807, 2.05) is 68.4 Å². The molecule has 0 bridgehead atoms. The van der Waals surface area contributed by atoms with Crippen LogP contribution in [0.1, 0.15) is 42.9 Å². The Morgan fingerprint density at radius 2 is 1.46 bits per heavy atom. The van der Waals surface area contributed by atoms with Crippen LogP contribution in [0.5, 0.6) is 0 Å². The zero-order valence-electron chi connectivity index (χ0n) is 26.7. The lowest BCUT2D eigenvalue weighted by Crippen LogP contribution is -2.66. The summed E-state index contributed by atoms with van der Waals surface area (Å²) in [5.74, 6) is -0.337. The molecule has 46 heavy (non-hydrogen) atoms. The Morgan fingerprint density at radius 1 is 0.804 bits per heavy atom. The normalized spacial score (nSPS) is 22.1. The fourth-order valence-electron chi connectivity index (χ4n) is 6.23. The van der Waals surface area contributed by atoms with E-state index in [0.717, 1.165) is 27.8 Å². The van der Waals surface area contributed by atoms with E-state index in [0.29, 0.717) is 19.8 Å². The highest BCUT2D eigenvalue weighted by Gasteiger charge is 2.48. The van der Waals surface area contributed by atoms with E-state index in [2.05, 4.69) is 34.9 Å². The van der Waals surface area contributed by atoms with Gasteiger partial charge in [0.25, 0.3) is 0 Å². The minimum Gasteiger partial charge on any atom is -0.449 e. The smallest absolute Gasteiger partial charge is 0.407 e. The van der Waals surface area contributed by atoms with Crippen molar-refractivity contribution in [2.75, 3.05) is 40.1 Å². The summed E-state index contributed by atoms with van der Waals surface area (Å²) in [6.07, 6.45) is -2.88. The first-order valence-electron chi connectivity index (χ1n) is 15.9. The second-order valence-corrected chi connectivity index (χ2v) is 11.2. The fourth-order valence-corrected chi connectivity index (χ4v) is 6.23. The third kappa shape index (κ3) is 8.12. The van der Waals surface area contributed by atoms with Crippen LogP contribution in [0.2, 0.25) is 0 Å². The summed E-state index contributed by atoms with van der Waals surface area (Å²) in [6, 6.07) is 25.6. The van der Waals surface area contributed by atoms with Crippen molar-refractivity contribution >= 4 is 12.0 Å². The minimum absolute atomic E-state index is 0.0274. The van der Waals surface area contributed by atoms with Crippen LogP contribution >= 0.6 is 0 Å². The molecule has 3 aromatic carbocycles. The van der Waals surface area contributed by atoms with Gasteiger partial charge in [-0.05, 0) is 41.7 Å². The number of alkyl carbamates (subject to hydrolysis) is 1. The van der Waals surface area contributed by atoms with E-state index in [4.69, 9.17) is 28.4 Å². The van der Waals surface area contributed by atoms with Crippen molar-refractivity contribution in [3.05, 3.63) is 95.6 Å². The van der Waals surface area contributed by atoms with Gasteiger partial charge in [-0.25, -0.2) is 4.79 Å². The van der Waals surface area contributed by atoms with Crippen LogP contribution in [-0.2, 0) is 39.8 Å². The second-order valence-electron chi connectivity index (χ2n) is 11.2. The average molecular weight is 633 g/mol. The van der Waals surface area contributed by atoms with Gasteiger partial charge in [0.1, 0.15) is 31.0 Å². The van der Waals surface area contributed by atoms with Gasteiger partial charge in [-0.2, -0.15) is 0 Å². The molecule has 10 heteroatoms. The maximum absolute atomic E-state index is 13.1. The molecule has 1 fully saturated rings. The van der Waals surface area contributed by atoms with Gasteiger partial charge < -0.3 is 39.1 Å². The number of ether oxygens (including phenoxy) is 6. The lowest BCUT2D eigenvalue weighted by molar-refractivity contribution is -0.282. The SMILES string of the molecule is CCOC1OC(COCc2ccccc2)[C@@H](OC)[C@H](OCC)C1NC(=O)CCNC(=O)OCC1c2ccccc2-c2ccccc21. The van der Waals surface area contributed by atoms with Crippen molar-refractivity contribution in [1.29, 1.82) is 0 Å². The van der Waals surface area contributed by atoms with Crippen molar-refractivity contribution in [3.8, 4) is 11.1 Å². The molecule has 3 aromatic rings. The molecule has 0 aromatic heterocycles. The van der Waals surface area contributed by atoms with Crippen LogP contribution in [0.25, 0.3) is 11.1 Å². The van der Waals surface area contributed by atoms with Gasteiger partial charge in [-0.15, -0.1) is 0 Å². The predicted octanol–water partition coefficient (Wildman–Crippen LogP) is 4.80. The summed E-state index contributed by atoms with van der Waals surface area (Å²) in [5, 5.41) is 5.70. The highest BCUT2D eigenvalue weighted by Crippen LogP contribution is 2.44. The van der Waals surface area contributed by atoms with Crippen molar-refractivity contribution < 1.29 is 38.0 Å². The molecule has 246 valence electrons. The number of nitrogens with one attached hydrogen (secondary N) is 2. The molecule has 1 heterocycles. The molecule has 0 spiro atoms. The molecular formula is C36H44N2O8. The van der Waals surface area contributed by atoms with Gasteiger partial charge in [0, 0.05) is 39.2 Å². The molecule has 3 unspecified atom stereocenters. The number of amides is 2. The van der Waals surface area contributed by atoms with Gasteiger partial charge in [0.2, 0.25) is 5.91 Å². The number of carbonyl (C=O) groups excluding carboxylic acids is 2.